The van der Waals surface area contributed by atoms with Gasteiger partial charge >= 0.3 is 0 Å². The molecule has 1 atom stereocenters. The number of carbonyl (C=O) groups excluding carboxylic acids is 1. The van der Waals surface area contributed by atoms with Gasteiger partial charge in [0.1, 0.15) is 11.2 Å². The van der Waals surface area contributed by atoms with Crippen molar-refractivity contribution in [1.29, 1.82) is 0 Å². The first-order chi connectivity index (χ1) is 11.1. The van der Waals surface area contributed by atoms with Gasteiger partial charge < -0.3 is 10.6 Å². The van der Waals surface area contributed by atoms with Gasteiger partial charge in [-0.15, -0.1) is 11.3 Å². The van der Waals surface area contributed by atoms with Crippen LogP contribution in [-0.2, 0) is 13.0 Å². The van der Waals surface area contributed by atoms with Crippen LogP contribution in [0.3, 0.4) is 0 Å². The Hall–Kier alpha value is -1.85. The van der Waals surface area contributed by atoms with E-state index in [-0.39, 0.29) is 12.1 Å². The number of carbonyl (C=O) groups is 1. The smallest absolute Gasteiger partial charge is 0.256 e. The van der Waals surface area contributed by atoms with E-state index >= 15 is 0 Å². The molecule has 4 rings (SSSR count). The zero-order valence-electron chi connectivity index (χ0n) is 13.4. The van der Waals surface area contributed by atoms with Crippen molar-refractivity contribution in [3.8, 4) is 0 Å². The first-order valence-electron chi connectivity index (χ1n) is 8.14. The lowest BCUT2D eigenvalue weighted by Gasteiger charge is -2.30. The van der Waals surface area contributed by atoms with Crippen LogP contribution in [0.4, 0.5) is 5.00 Å². The van der Waals surface area contributed by atoms with Crippen molar-refractivity contribution in [3.63, 3.8) is 0 Å². The van der Waals surface area contributed by atoms with Crippen LogP contribution in [0.25, 0.3) is 0 Å². The molecule has 2 aromatic rings. The monoisotopic (exact) mass is 327 g/mol. The number of anilines is 1. The number of hydrogen-bond acceptors (Lipinski definition) is 4. The Morgan fingerprint density at radius 1 is 1.22 bits per heavy atom. The third kappa shape index (κ3) is 2.54. The highest BCUT2D eigenvalue weighted by atomic mass is 32.1. The summed E-state index contributed by atoms with van der Waals surface area (Å²) >= 11 is 1.75. The Kier molecular flexibility index (Phi) is 3.62. The van der Waals surface area contributed by atoms with Gasteiger partial charge in [0.2, 0.25) is 0 Å². The highest BCUT2D eigenvalue weighted by molar-refractivity contribution is 7.16. The predicted molar refractivity (Wildman–Crippen MR) is 93.8 cm³/mol. The highest BCUT2D eigenvalue weighted by Crippen LogP contribution is 2.40. The average Bonchev–Trinajstić information content (AvgIpc) is 2.93. The minimum absolute atomic E-state index is 0.0584. The zero-order chi connectivity index (χ0) is 16.0. The van der Waals surface area contributed by atoms with Gasteiger partial charge in [0.05, 0.1) is 5.56 Å². The van der Waals surface area contributed by atoms with Crippen molar-refractivity contribution >= 4 is 22.2 Å². The number of hydrogen-bond donors (Lipinski definition) is 2. The number of fused-ring (bicyclic) bond motifs is 3. The molecule has 0 unspecified atom stereocenters. The third-order valence-corrected chi connectivity index (χ3v) is 5.88. The molecule has 23 heavy (non-hydrogen) atoms. The molecule has 5 heteroatoms. The van der Waals surface area contributed by atoms with Gasteiger partial charge in [0.25, 0.3) is 5.91 Å². The number of rotatable bonds is 2. The average molecular weight is 327 g/mol. The maximum Gasteiger partial charge on any atom is 0.256 e. The van der Waals surface area contributed by atoms with Gasteiger partial charge in [0, 0.05) is 24.0 Å². The van der Waals surface area contributed by atoms with E-state index in [4.69, 9.17) is 0 Å². The summed E-state index contributed by atoms with van der Waals surface area (Å²) in [6.07, 6.45) is 0.822. The number of nitrogens with zero attached hydrogens (tertiary/aromatic N) is 1. The number of amides is 1. The minimum atomic E-state index is -0.141. The molecule has 2 aliphatic rings. The van der Waals surface area contributed by atoms with Crippen molar-refractivity contribution in [1.82, 2.24) is 10.2 Å². The van der Waals surface area contributed by atoms with Crippen LogP contribution >= 0.6 is 11.3 Å². The van der Waals surface area contributed by atoms with E-state index < -0.39 is 0 Å². The van der Waals surface area contributed by atoms with Crippen LogP contribution in [0, 0.1) is 0 Å². The molecule has 4 nitrogen and oxygen atoms in total. The van der Waals surface area contributed by atoms with E-state index in [0.717, 1.165) is 35.6 Å². The summed E-state index contributed by atoms with van der Waals surface area (Å²) in [5, 5.41) is 7.64. The molecule has 2 aliphatic heterocycles. The molecule has 120 valence electrons. The number of thiophene rings is 1. The normalized spacial score (nSPS) is 20.7. The summed E-state index contributed by atoms with van der Waals surface area (Å²) in [4.78, 5) is 16.5. The van der Waals surface area contributed by atoms with Crippen molar-refractivity contribution in [2.75, 3.05) is 11.9 Å². The summed E-state index contributed by atoms with van der Waals surface area (Å²) in [5.74, 6) is 0.0584. The Morgan fingerprint density at radius 2 is 2.00 bits per heavy atom. The first kappa shape index (κ1) is 14.7. The molecular formula is C18H21N3OS. The third-order valence-electron chi connectivity index (χ3n) is 4.73. The van der Waals surface area contributed by atoms with Crippen LogP contribution in [0.2, 0.25) is 0 Å². The largest absolute Gasteiger partial charge is 0.353 e. The van der Waals surface area contributed by atoms with Gasteiger partial charge in [-0.1, -0.05) is 30.3 Å². The van der Waals surface area contributed by atoms with E-state index in [1.165, 1.54) is 10.4 Å². The molecule has 3 heterocycles. The van der Waals surface area contributed by atoms with Gasteiger partial charge in [-0.2, -0.15) is 0 Å². The molecule has 2 N–H and O–H groups in total. The second-order valence-corrected chi connectivity index (χ2v) is 7.59. The van der Waals surface area contributed by atoms with Gasteiger partial charge in [0.15, 0.2) is 0 Å². The first-order valence-corrected chi connectivity index (χ1v) is 8.96. The zero-order valence-corrected chi connectivity index (χ0v) is 14.2. The molecular weight excluding hydrogens is 306 g/mol. The Morgan fingerprint density at radius 3 is 2.74 bits per heavy atom. The summed E-state index contributed by atoms with van der Waals surface area (Å²) in [7, 11) is 0. The summed E-state index contributed by atoms with van der Waals surface area (Å²) in [6.45, 7) is 6.45. The Labute approximate surface area is 140 Å². The molecule has 0 saturated heterocycles. The minimum Gasteiger partial charge on any atom is -0.353 e. The summed E-state index contributed by atoms with van der Waals surface area (Å²) in [5.41, 5.74) is 3.21. The second-order valence-electron chi connectivity index (χ2n) is 6.48. The highest BCUT2D eigenvalue weighted by Gasteiger charge is 2.33. The molecule has 1 aromatic heterocycles. The Balaban J connectivity index is 1.66. The van der Waals surface area contributed by atoms with Crippen LogP contribution < -0.4 is 10.6 Å². The van der Waals surface area contributed by atoms with E-state index in [2.05, 4.69) is 29.4 Å². The molecule has 0 radical (unpaired) electrons. The van der Waals surface area contributed by atoms with E-state index in [1.807, 2.05) is 30.3 Å². The quantitative estimate of drug-likeness (QED) is 0.889. The topological polar surface area (TPSA) is 44.4 Å². The van der Waals surface area contributed by atoms with Crippen LogP contribution in [0.15, 0.2) is 30.3 Å². The lowest BCUT2D eigenvalue weighted by Crippen LogP contribution is -2.39. The second kappa shape index (κ2) is 5.65. The Bertz CT molecular complexity index is 738. The number of benzene rings is 1. The fraction of sp³-hybridized carbons (Fsp3) is 0.389. The molecule has 0 aliphatic carbocycles. The maximum absolute atomic E-state index is 12.7. The van der Waals surface area contributed by atoms with E-state index in [0.29, 0.717) is 6.04 Å². The molecule has 0 fully saturated rings. The van der Waals surface area contributed by atoms with Gasteiger partial charge in [-0.25, -0.2) is 0 Å². The fourth-order valence-electron chi connectivity index (χ4n) is 3.39. The number of nitrogens with one attached hydrogen (secondary N) is 2. The molecule has 0 saturated carbocycles. The van der Waals surface area contributed by atoms with Gasteiger partial charge in [-0.05, 0) is 31.4 Å². The SMILES string of the molecule is CC(C)N1CCc2c(sc3c2C(=O)N[C@H](c2ccccc2)N3)C1. The molecule has 0 bridgehead atoms. The van der Waals surface area contributed by atoms with Crippen LogP contribution in [-0.4, -0.2) is 23.4 Å². The summed E-state index contributed by atoms with van der Waals surface area (Å²) < 4.78 is 0. The standard InChI is InChI=1S/C18H21N3OS/c1-11(2)21-9-8-13-14(10-21)23-18-15(13)17(22)19-16(20-18)12-6-4-3-5-7-12/h3-7,11,16,20H,8-10H2,1-2H3,(H,19,22)/t16-/m0/s1. The van der Waals surface area contributed by atoms with Crippen molar-refractivity contribution in [2.45, 2.75) is 39.0 Å². The van der Waals surface area contributed by atoms with Crippen molar-refractivity contribution in [3.05, 3.63) is 51.9 Å². The van der Waals surface area contributed by atoms with Crippen LogP contribution in [0.1, 0.15) is 46.4 Å². The summed E-state index contributed by atoms with van der Waals surface area (Å²) in [6, 6.07) is 10.6. The van der Waals surface area contributed by atoms with Gasteiger partial charge in [-0.3, -0.25) is 9.69 Å². The lowest BCUT2D eigenvalue weighted by atomic mass is 9.99. The maximum atomic E-state index is 12.7. The van der Waals surface area contributed by atoms with Crippen LogP contribution in [0.5, 0.6) is 0 Å². The molecule has 1 aromatic carbocycles. The lowest BCUT2D eigenvalue weighted by molar-refractivity contribution is 0.0934. The predicted octanol–water partition coefficient (Wildman–Crippen LogP) is 3.37. The van der Waals surface area contributed by atoms with E-state index in [9.17, 15) is 4.79 Å². The molecule has 0 spiro atoms. The van der Waals surface area contributed by atoms with E-state index in [1.54, 1.807) is 11.3 Å². The fourth-order valence-corrected chi connectivity index (χ4v) is 4.69. The van der Waals surface area contributed by atoms with Crippen molar-refractivity contribution in [2.24, 2.45) is 0 Å². The van der Waals surface area contributed by atoms with Crippen molar-refractivity contribution < 1.29 is 4.79 Å². The molecule has 1 amide bonds.